The average Bonchev–Trinajstić information content (AvgIpc) is 3.12. The van der Waals surface area contributed by atoms with Crippen molar-refractivity contribution in [3.05, 3.63) is 0 Å². The van der Waals surface area contributed by atoms with Crippen LogP contribution >= 0.6 is 0 Å². The summed E-state index contributed by atoms with van der Waals surface area (Å²) < 4.78 is 0. The molecule has 1 saturated carbocycles. The second-order valence-electron chi connectivity index (χ2n) is 7.17. The first-order valence-electron chi connectivity index (χ1n) is 7.72. The maximum atomic E-state index is 3.58. The summed E-state index contributed by atoms with van der Waals surface area (Å²) in [6, 6.07) is 0.956. The first-order chi connectivity index (χ1) is 8.54. The van der Waals surface area contributed by atoms with Crippen molar-refractivity contribution in [3.8, 4) is 0 Å². The molecule has 1 aliphatic carbocycles. The van der Waals surface area contributed by atoms with Crippen molar-refractivity contribution in [3.63, 3.8) is 0 Å². The van der Waals surface area contributed by atoms with Crippen LogP contribution in [0.1, 0.15) is 40.0 Å². The van der Waals surface area contributed by atoms with Crippen LogP contribution in [0.5, 0.6) is 0 Å². The smallest absolute Gasteiger partial charge is 0.0113 e. The van der Waals surface area contributed by atoms with Gasteiger partial charge in [-0.05, 0) is 31.2 Å². The molecule has 0 radical (unpaired) electrons. The average molecular weight is 253 g/mol. The molecule has 106 valence electrons. The number of rotatable bonds is 6. The third-order valence-corrected chi connectivity index (χ3v) is 4.13. The Morgan fingerprint density at radius 3 is 2.22 bits per heavy atom. The van der Waals surface area contributed by atoms with Gasteiger partial charge in [0.2, 0.25) is 0 Å². The topological polar surface area (TPSA) is 18.5 Å². The summed E-state index contributed by atoms with van der Waals surface area (Å²) in [5.74, 6) is 0. The van der Waals surface area contributed by atoms with E-state index in [2.05, 4.69) is 35.9 Å². The lowest BCUT2D eigenvalue weighted by Crippen LogP contribution is -2.48. The Hall–Kier alpha value is -0.120. The predicted molar refractivity (Wildman–Crippen MR) is 78.0 cm³/mol. The van der Waals surface area contributed by atoms with E-state index in [1.807, 2.05) is 0 Å². The highest BCUT2D eigenvalue weighted by Gasteiger charge is 2.30. The van der Waals surface area contributed by atoms with Crippen LogP contribution in [0, 0.1) is 5.41 Å². The standard InChI is InChI=1S/C15H31N3/c1-15(2,3)6-7-16-8-9-17-10-12-18(13-11-17)14-4-5-14/h14,16H,4-13H2,1-3H3. The molecule has 2 aliphatic rings. The van der Waals surface area contributed by atoms with Crippen molar-refractivity contribution in [1.29, 1.82) is 0 Å². The van der Waals surface area contributed by atoms with Gasteiger partial charge in [0, 0.05) is 45.3 Å². The quantitative estimate of drug-likeness (QED) is 0.728. The summed E-state index contributed by atoms with van der Waals surface area (Å²) in [6.07, 6.45) is 4.17. The zero-order valence-corrected chi connectivity index (χ0v) is 12.5. The Morgan fingerprint density at radius 1 is 1.00 bits per heavy atom. The van der Waals surface area contributed by atoms with Crippen LogP contribution in [-0.4, -0.2) is 61.7 Å². The molecule has 0 aromatic heterocycles. The Kier molecular flexibility index (Phi) is 5.05. The SMILES string of the molecule is CC(C)(C)CCNCCN1CCN(C2CC2)CC1. The number of nitrogens with zero attached hydrogens (tertiary/aromatic N) is 2. The van der Waals surface area contributed by atoms with Crippen molar-refractivity contribution in [1.82, 2.24) is 15.1 Å². The number of hydrogen-bond acceptors (Lipinski definition) is 3. The van der Waals surface area contributed by atoms with Crippen molar-refractivity contribution in [2.75, 3.05) is 45.8 Å². The van der Waals surface area contributed by atoms with Gasteiger partial charge in [-0.15, -0.1) is 0 Å². The van der Waals surface area contributed by atoms with E-state index in [-0.39, 0.29) is 0 Å². The molecule has 3 nitrogen and oxygen atoms in total. The van der Waals surface area contributed by atoms with Gasteiger partial charge >= 0.3 is 0 Å². The summed E-state index contributed by atoms with van der Waals surface area (Å²) in [7, 11) is 0. The minimum Gasteiger partial charge on any atom is -0.315 e. The monoisotopic (exact) mass is 253 g/mol. The lowest BCUT2D eigenvalue weighted by atomic mass is 9.92. The Labute approximate surface area is 113 Å². The van der Waals surface area contributed by atoms with E-state index < -0.39 is 0 Å². The summed E-state index contributed by atoms with van der Waals surface area (Å²) in [6.45, 7) is 15.6. The number of piperazine rings is 1. The molecular formula is C15H31N3. The second-order valence-corrected chi connectivity index (χ2v) is 7.17. The zero-order valence-electron chi connectivity index (χ0n) is 12.5. The second kappa shape index (κ2) is 6.36. The molecule has 1 N–H and O–H groups in total. The summed E-state index contributed by atoms with van der Waals surface area (Å²) in [5.41, 5.74) is 0.461. The molecule has 0 bridgehead atoms. The van der Waals surface area contributed by atoms with Gasteiger partial charge in [-0.3, -0.25) is 9.80 Å². The molecule has 1 heterocycles. The maximum Gasteiger partial charge on any atom is 0.0113 e. The lowest BCUT2D eigenvalue weighted by Gasteiger charge is -2.34. The van der Waals surface area contributed by atoms with E-state index in [1.165, 1.54) is 52.0 Å². The fourth-order valence-corrected chi connectivity index (χ4v) is 2.62. The molecule has 0 atom stereocenters. The minimum atomic E-state index is 0.461. The normalized spacial score (nSPS) is 23.5. The van der Waals surface area contributed by atoms with Gasteiger partial charge in [-0.2, -0.15) is 0 Å². The van der Waals surface area contributed by atoms with E-state index in [0.717, 1.165) is 19.1 Å². The molecule has 0 spiro atoms. The molecule has 3 heteroatoms. The van der Waals surface area contributed by atoms with Gasteiger partial charge in [-0.25, -0.2) is 0 Å². The zero-order chi connectivity index (χ0) is 13.0. The number of hydrogen-bond donors (Lipinski definition) is 1. The molecule has 2 fully saturated rings. The first kappa shape index (κ1) is 14.3. The Bertz CT molecular complexity index is 235. The fourth-order valence-electron chi connectivity index (χ4n) is 2.62. The number of nitrogens with one attached hydrogen (secondary N) is 1. The Morgan fingerprint density at radius 2 is 1.67 bits per heavy atom. The van der Waals surface area contributed by atoms with Gasteiger partial charge in [0.1, 0.15) is 0 Å². The molecule has 0 unspecified atom stereocenters. The minimum absolute atomic E-state index is 0.461. The van der Waals surface area contributed by atoms with Gasteiger partial charge in [0.05, 0.1) is 0 Å². The fraction of sp³-hybridized carbons (Fsp3) is 1.00. The van der Waals surface area contributed by atoms with Crippen LogP contribution < -0.4 is 5.32 Å². The highest BCUT2D eigenvalue weighted by Crippen LogP contribution is 2.27. The van der Waals surface area contributed by atoms with Crippen LogP contribution in [-0.2, 0) is 0 Å². The highest BCUT2D eigenvalue weighted by molar-refractivity contribution is 4.87. The van der Waals surface area contributed by atoms with Crippen LogP contribution in [0.4, 0.5) is 0 Å². The van der Waals surface area contributed by atoms with E-state index >= 15 is 0 Å². The molecule has 1 saturated heterocycles. The van der Waals surface area contributed by atoms with Gasteiger partial charge in [0.15, 0.2) is 0 Å². The molecule has 0 aromatic rings. The van der Waals surface area contributed by atoms with Crippen molar-refractivity contribution in [2.24, 2.45) is 5.41 Å². The predicted octanol–water partition coefficient (Wildman–Crippen LogP) is 1.79. The van der Waals surface area contributed by atoms with Crippen LogP contribution in [0.15, 0.2) is 0 Å². The molecular weight excluding hydrogens is 222 g/mol. The van der Waals surface area contributed by atoms with Crippen molar-refractivity contribution in [2.45, 2.75) is 46.1 Å². The van der Waals surface area contributed by atoms with Crippen LogP contribution in [0.2, 0.25) is 0 Å². The maximum absolute atomic E-state index is 3.58. The largest absolute Gasteiger partial charge is 0.315 e. The third-order valence-electron chi connectivity index (χ3n) is 4.13. The summed E-state index contributed by atoms with van der Waals surface area (Å²) in [4.78, 5) is 5.30. The van der Waals surface area contributed by atoms with E-state index in [0.29, 0.717) is 5.41 Å². The summed E-state index contributed by atoms with van der Waals surface area (Å²) in [5, 5.41) is 3.58. The summed E-state index contributed by atoms with van der Waals surface area (Å²) >= 11 is 0. The van der Waals surface area contributed by atoms with Crippen LogP contribution in [0.3, 0.4) is 0 Å². The van der Waals surface area contributed by atoms with Crippen LogP contribution in [0.25, 0.3) is 0 Å². The molecule has 1 aliphatic heterocycles. The third kappa shape index (κ3) is 5.25. The molecule has 0 aromatic carbocycles. The lowest BCUT2D eigenvalue weighted by molar-refractivity contribution is 0.127. The van der Waals surface area contributed by atoms with E-state index in [1.54, 1.807) is 0 Å². The Balaban J connectivity index is 1.47. The van der Waals surface area contributed by atoms with Gasteiger partial charge in [0.25, 0.3) is 0 Å². The van der Waals surface area contributed by atoms with E-state index in [4.69, 9.17) is 0 Å². The van der Waals surface area contributed by atoms with Crippen molar-refractivity contribution >= 4 is 0 Å². The first-order valence-corrected chi connectivity index (χ1v) is 7.72. The van der Waals surface area contributed by atoms with Gasteiger partial charge < -0.3 is 5.32 Å². The van der Waals surface area contributed by atoms with Gasteiger partial charge in [-0.1, -0.05) is 20.8 Å². The van der Waals surface area contributed by atoms with Crippen molar-refractivity contribution < 1.29 is 0 Å². The highest BCUT2D eigenvalue weighted by atomic mass is 15.3. The molecule has 18 heavy (non-hydrogen) atoms. The van der Waals surface area contributed by atoms with E-state index in [9.17, 15) is 0 Å². The molecule has 0 amide bonds. The molecule has 2 rings (SSSR count).